The molecule has 0 heterocycles. The second-order valence-corrected chi connectivity index (χ2v) is 2.37. The van der Waals surface area contributed by atoms with Gasteiger partial charge < -0.3 is 0 Å². The summed E-state index contributed by atoms with van der Waals surface area (Å²) < 4.78 is 0. The van der Waals surface area contributed by atoms with Gasteiger partial charge in [-0.2, -0.15) is 0 Å². The van der Waals surface area contributed by atoms with Gasteiger partial charge in [-0.05, 0) is 12.3 Å². The summed E-state index contributed by atoms with van der Waals surface area (Å²) in [6, 6.07) is 0. The van der Waals surface area contributed by atoms with Gasteiger partial charge in [-0.1, -0.05) is 45.1 Å². The predicted octanol–water partition coefficient (Wildman–Crippen LogP) is 2.97. The van der Waals surface area contributed by atoms with E-state index in [0.717, 1.165) is 12.3 Å². The van der Waals surface area contributed by atoms with E-state index in [4.69, 9.17) is 6.58 Å². The fourth-order valence-electron chi connectivity index (χ4n) is 0.556. The Bertz CT molecular complexity index is 90.2. The maximum Gasteiger partial charge on any atom is -0.0322 e. The molecule has 51 valence electrons. The lowest BCUT2D eigenvalue weighted by atomic mass is 10.1. The Morgan fingerprint density at radius 2 is 2.22 bits per heavy atom. The van der Waals surface area contributed by atoms with E-state index in [-0.39, 0.29) is 0 Å². The van der Waals surface area contributed by atoms with Gasteiger partial charge >= 0.3 is 0 Å². The van der Waals surface area contributed by atoms with Gasteiger partial charge in [-0.15, -0.1) is 0 Å². The third-order valence-corrected chi connectivity index (χ3v) is 1.48. The van der Waals surface area contributed by atoms with E-state index in [1.165, 1.54) is 6.42 Å². The fraction of sp³-hybridized carbons (Fsp3) is 0.556. The topological polar surface area (TPSA) is 0 Å². The molecule has 0 aliphatic rings. The van der Waals surface area contributed by atoms with Crippen LogP contribution < -0.4 is 0 Å². The van der Waals surface area contributed by atoms with E-state index < -0.39 is 0 Å². The average Bonchev–Trinajstić information content (AvgIpc) is 1.89. The van der Waals surface area contributed by atoms with Gasteiger partial charge in [-0.3, -0.25) is 0 Å². The third-order valence-electron chi connectivity index (χ3n) is 1.48. The molecule has 0 heteroatoms. The summed E-state index contributed by atoms with van der Waals surface area (Å²) in [6.45, 7) is 9.58. The summed E-state index contributed by atoms with van der Waals surface area (Å²) in [4.78, 5) is 0. The Morgan fingerprint density at radius 3 is 2.67 bits per heavy atom. The minimum absolute atomic E-state index is 0.793. The quantitative estimate of drug-likeness (QED) is 0.504. The summed E-state index contributed by atoms with van der Waals surface area (Å²) in [5.74, 6) is 0.793. The normalized spacial score (nSPS) is 14.0. The summed E-state index contributed by atoms with van der Waals surface area (Å²) in [7, 11) is 0. The molecule has 9 heavy (non-hydrogen) atoms. The Morgan fingerprint density at radius 1 is 1.56 bits per heavy atom. The van der Waals surface area contributed by atoms with Crippen LogP contribution in [0.15, 0.2) is 18.2 Å². The molecule has 0 nitrogen and oxygen atoms in total. The molecule has 0 spiro atoms. The smallest absolute Gasteiger partial charge is 0.0322 e. The fourth-order valence-corrected chi connectivity index (χ4v) is 0.556. The monoisotopic (exact) mass is 123 g/mol. The van der Waals surface area contributed by atoms with Gasteiger partial charge in [0.15, 0.2) is 0 Å². The molecule has 0 saturated carbocycles. The first-order valence-corrected chi connectivity index (χ1v) is 3.51. The molecule has 1 radical (unpaired) electrons. The lowest BCUT2D eigenvalue weighted by Crippen LogP contribution is -1.86. The number of allylic oxidation sites excluding steroid dienone is 3. The molecule has 1 unspecified atom stereocenters. The van der Waals surface area contributed by atoms with Crippen LogP contribution in [0.2, 0.25) is 0 Å². The van der Waals surface area contributed by atoms with Crippen LogP contribution in [0.1, 0.15) is 26.7 Å². The van der Waals surface area contributed by atoms with Gasteiger partial charge in [0.1, 0.15) is 0 Å². The van der Waals surface area contributed by atoms with Crippen molar-refractivity contribution in [3.8, 4) is 0 Å². The maximum atomic E-state index is 5.14. The molecule has 0 aromatic heterocycles. The molecular formula is C9H15. The minimum atomic E-state index is 0.793. The van der Waals surface area contributed by atoms with E-state index in [9.17, 15) is 0 Å². The van der Waals surface area contributed by atoms with E-state index in [1.54, 1.807) is 6.08 Å². The minimum Gasteiger partial charge on any atom is -0.0843 e. The zero-order valence-electron chi connectivity index (χ0n) is 6.30. The highest BCUT2D eigenvalue weighted by atomic mass is 14.0. The summed E-state index contributed by atoms with van der Waals surface area (Å²) in [5, 5.41) is 0. The largest absolute Gasteiger partial charge is 0.0843 e. The number of hydrogen-bond acceptors (Lipinski definition) is 0. The third kappa shape index (κ3) is 5.35. The molecule has 0 aliphatic heterocycles. The molecule has 0 fully saturated rings. The molecule has 0 rings (SSSR count). The highest BCUT2D eigenvalue weighted by Gasteiger charge is 1.91. The molecule has 0 aromatic rings. The van der Waals surface area contributed by atoms with Crippen molar-refractivity contribution in [2.24, 2.45) is 5.92 Å². The zero-order chi connectivity index (χ0) is 7.11. The maximum absolute atomic E-state index is 5.14. The van der Waals surface area contributed by atoms with Gasteiger partial charge in [0, 0.05) is 0 Å². The van der Waals surface area contributed by atoms with Gasteiger partial charge in [0.2, 0.25) is 0 Å². The van der Waals surface area contributed by atoms with Crippen LogP contribution in [0.3, 0.4) is 0 Å². The summed E-state index contributed by atoms with van der Waals surface area (Å²) in [6.07, 6.45) is 7.96. The van der Waals surface area contributed by atoms with Gasteiger partial charge in [0.25, 0.3) is 0 Å². The number of hydrogen-bond donors (Lipinski definition) is 0. The number of rotatable bonds is 4. The predicted molar refractivity (Wildman–Crippen MR) is 42.1 cm³/mol. The van der Waals surface area contributed by atoms with Crippen LogP contribution in [-0.2, 0) is 0 Å². The van der Waals surface area contributed by atoms with Crippen molar-refractivity contribution in [3.63, 3.8) is 0 Å². The standard InChI is InChI=1S/C9H15/c1-4-6-7-8-9(3)5-2/h1,4,6-7,9H,5,8H2,2-3H3. The van der Waals surface area contributed by atoms with Crippen LogP contribution in [0.25, 0.3) is 0 Å². The van der Waals surface area contributed by atoms with Crippen molar-refractivity contribution >= 4 is 0 Å². The average molecular weight is 123 g/mol. The molecule has 0 aromatic carbocycles. The van der Waals surface area contributed by atoms with Crippen LogP contribution in [0.4, 0.5) is 0 Å². The SMILES string of the molecule is [CH]=CC=CCC(C)CC. The lowest BCUT2D eigenvalue weighted by molar-refractivity contribution is 0.572. The van der Waals surface area contributed by atoms with Crippen molar-refractivity contribution in [2.75, 3.05) is 0 Å². The van der Waals surface area contributed by atoms with Crippen molar-refractivity contribution in [3.05, 3.63) is 24.8 Å². The van der Waals surface area contributed by atoms with Crippen LogP contribution >= 0.6 is 0 Å². The van der Waals surface area contributed by atoms with Crippen molar-refractivity contribution < 1.29 is 0 Å². The summed E-state index contributed by atoms with van der Waals surface area (Å²) in [5.41, 5.74) is 0. The Labute approximate surface area is 58.3 Å². The second-order valence-electron chi connectivity index (χ2n) is 2.37. The van der Waals surface area contributed by atoms with E-state index in [0.29, 0.717) is 0 Å². The molecule has 1 atom stereocenters. The first kappa shape index (κ1) is 8.48. The van der Waals surface area contributed by atoms with E-state index in [1.807, 2.05) is 6.08 Å². The molecule has 0 bridgehead atoms. The lowest BCUT2D eigenvalue weighted by Gasteiger charge is -2.00. The van der Waals surface area contributed by atoms with Gasteiger partial charge in [-0.25, -0.2) is 0 Å². The first-order valence-electron chi connectivity index (χ1n) is 3.51. The first-order chi connectivity index (χ1) is 4.31. The van der Waals surface area contributed by atoms with Gasteiger partial charge in [0.05, 0.1) is 0 Å². The molecule has 0 aliphatic carbocycles. The summed E-state index contributed by atoms with van der Waals surface area (Å²) >= 11 is 0. The molecule has 0 amide bonds. The van der Waals surface area contributed by atoms with Crippen LogP contribution in [-0.4, -0.2) is 0 Å². The highest BCUT2D eigenvalue weighted by Crippen LogP contribution is 2.06. The van der Waals surface area contributed by atoms with Crippen molar-refractivity contribution in [1.29, 1.82) is 0 Å². The Hall–Kier alpha value is -0.520. The van der Waals surface area contributed by atoms with Crippen molar-refractivity contribution in [2.45, 2.75) is 26.7 Å². The van der Waals surface area contributed by atoms with Crippen molar-refractivity contribution in [1.82, 2.24) is 0 Å². The molecule has 0 N–H and O–H groups in total. The van der Waals surface area contributed by atoms with Crippen LogP contribution in [0.5, 0.6) is 0 Å². The Kier molecular flexibility index (Phi) is 5.29. The zero-order valence-corrected chi connectivity index (χ0v) is 6.30. The van der Waals surface area contributed by atoms with E-state index in [2.05, 4.69) is 19.9 Å². The molecule has 0 saturated heterocycles. The van der Waals surface area contributed by atoms with E-state index >= 15 is 0 Å². The second kappa shape index (κ2) is 5.61. The van der Waals surface area contributed by atoms with Crippen LogP contribution in [0, 0.1) is 12.5 Å². The molecular weight excluding hydrogens is 108 g/mol. The Balaban J connectivity index is 3.25. The highest BCUT2D eigenvalue weighted by molar-refractivity contribution is 4.95.